The first-order valence-electron chi connectivity index (χ1n) is 8.00. The molecule has 1 unspecified atom stereocenters. The van der Waals surface area contributed by atoms with E-state index in [0.29, 0.717) is 16.7 Å². The largest absolute Gasteiger partial charge is 0.479 e. The number of ether oxygens (including phenoxy) is 2. The van der Waals surface area contributed by atoms with Crippen LogP contribution in [0, 0.1) is 6.92 Å². The molecule has 0 saturated carbocycles. The van der Waals surface area contributed by atoms with Crippen LogP contribution in [0.3, 0.4) is 0 Å². The number of rotatable bonds is 6. The third-order valence-corrected chi connectivity index (χ3v) is 3.83. The van der Waals surface area contributed by atoms with Crippen molar-refractivity contribution in [2.75, 3.05) is 0 Å². The first kappa shape index (κ1) is 17.9. The summed E-state index contributed by atoms with van der Waals surface area (Å²) in [6.07, 6.45) is -0.786. The Kier molecular flexibility index (Phi) is 5.53. The Labute approximate surface area is 155 Å². The highest BCUT2D eigenvalue weighted by Gasteiger charge is 2.19. The SMILES string of the molecule is Cc1cc(Cl)ccc1OC(C)C(=O)OCc1nnc(-c2ccccc2)o1. The number of aryl methyl sites for hydroxylation is 1. The van der Waals surface area contributed by atoms with Gasteiger partial charge in [-0.25, -0.2) is 4.79 Å². The predicted octanol–water partition coefficient (Wildman–Crippen LogP) is 4.21. The van der Waals surface area contributed by atoms with Crippen molar-refractivity contribution in [2.24, 2.45) is 0 Å². The first-order valence-corrected chi connectivity index (χ1v) is 8.38. The van der Waals surface area contributed by atoms with E-state index in [1.807, 2.05) is 37.3 Å². The molecular formula is C19H17ClN2O4. The van der Waals surface area contributed by atoms with E-state index in [2.05, 4.69) is 10.2 Å². The van der Waals surface area contributed by atoms with Gasteiger partial charge in [-0.05, 0) is 49.7 Å². The summed E-state index contributed by atoms with van der Waals surface area (Å²) in [6.45, 7) is 3.34. The molecule has 0 aliphatic rings. The molecule has 3 rings (SSSR count). The van der Waals surface area contributed by atoms with Gasteiger partial charge in [0.1, 0.15) is 5.75 Å². The molecule has 7 heteroatoms. The number of hydrogen-bond acceptors (Lipinski definition) is 6. The maximum atomic E-state index is 12.1. The number of benzene rings is 2. The van der Waals surface area contributed by atoms with Gasteiger partial charge in [0.15, 0.2) is 12.7 Å². The number of carbonyl (C=O) groups is 1. The van der Waals surface area contributed by atoms with Gasteiger partial charge in [-0.1, -0.05) is 29.8 Å². The normalized spacial score (nSPS) is 11.8. The van der Waals surface area contributed by atoms with E-state index in [0.717, 1.165) is 11.1 Å². The average molecular weight is 373 g/mol. The van der Waals surface area contributed by atoms with Crippen LogP contribution in [-0.2, 0) is 16.1 Å². The number of carbonyl (C=O) groups excluding carboxylic acids is 1. The zero-order valence-corrected chi connectivity index (χ0v) is 15.1. The van der Waals surface area contributed by atoms with Crippen LogP contribution in [0.2, 0.25) is 5.02 Å². The Balaban J connectivity index is 1.56. The fourth-order valence-corrected chi connectivity index (χ4v) is 2.47. The van der Waals surface area contributed by atoms with Crippen LogP contribution in [0.1, 0.15) is 18.4 Å². The van der Waals surface area contributed by atoms with Crippen molar-refractivity contribution >= 4 is 17.6 Å². The molecule has 2 aromatic carbocycles. The third kappa shape index (κ3) is 4.40. The maximum absolute atomic E-state index is 12.1. The van der Waals surface area contributed by atoms with Gasteiger partial charge in [-0.15, -0.1) is 10.2 Å². The van der Waals surface area contributed by atoms with Gasteiger partial charge >= 0.3 is 5.97 Å². The van der Waals surface area contributed by atoms with Crippen LogP contribution in [0.15, 0.2) is 52.9 Å². The van der Waals surface area contributed by atoms with Crippen molar-refractivity contribution in [1.82, 2.24) is 10.2 Å². The molecular weight excluding hydrogens is 356 g/mol. The van der Waals surface area contributed by atoms with E-state index in [-0.39, 0.29) is 12.5 Å². The van der Waals surface area contributed by atoms with E-state index < -0.39 is 12.1 Å². The standard InChI is InChI=1S/C19H17ClN2O4/c1-12-10-15(20)8-9-16(12)25-13(2)19(23)24-11-17-21-22-18(26-17)14-6-4-3-5-7-14/h3-10,13H,11H2,1-2H3. The van der Waals surface area contributed by atoms with Crippen LogP contribution in [-0.4, -0.2) is 22.3 Å². The Morgan fingerprint density at radius 3 is 2.69 bits per heavy atom. The van der Waals surface area contributed by atoms with E-state index in [4.69, 9.17) is 25.5 Å². The van der Waals surface area contributed by atoms with Crippen LogP contribution >= 0.6 is 11.6 Å². The molecule has 0 bridgehead atoms. The molecule has 134 valence electrons. The Bertz CT molecular complexity index is 896. The van der Waals surface area contributed by atoms with Crippen LogP contribution in [0.25, 0.3) is 11.5 Å². The molecule has 0 N–H and O–H groups in total. The topological polar surface area (TPSA) is 74.5 Å². The molecule has 0 saturated heterocycles. The quantitative estimate of drug-likeness (QED) is 0.603. The number of nitrogens with zero attached hydrogens (tertiary/aromatic N) is 2. The summed E-state index contributed by atoms with van der Waals surface area (Å²) in [4.78, 5) is 12.1. The lowest BCUT2D eigenvalue weighted by atomic mass is 10.2. The fourth-order valence-electron chi connectivity index (χ4n) is 2.24. The van der Waals surface area contributed by atoms with E-state index in [1.54, 1.807) is 25.1 Å². The summed E-state index contributed by atoms with van der Waals surface area (Å²) in [6, 6.07) is 14.5. The minimum Gasteiger partial charge on any atom is -0.479 e. The second-order valence-electron chi connectivity index (χ2n) is 5.64. The van der Waals surface area contributed by atoms with Crippen molar-refractivity contribution in [1.29, 1.82) is 0 Å². The Morgan fingerprint density at radius 1 is 1.19 bits per heavy atom. The minimum atomic E-state index is -0.786. The van der Waals surface area contributed by atoms with E-state index >= 15 is 0 Å². The molecule has 0 amide bonds. The summed E-state index contributed by atoms with van der Waals surface area (Å²) in [5.74, 6) is 0.631. The second kappa shape index (κ2) is 8.01. The second-order valence-corrected chi connectivity index (χ2v) is 6.08. The fraction of sp³-hybridized carbons (Fsp3) is 0.211. The number of aromatic nitrogens is 2. The van der Waals surface area contributed by atoms with E-state index in [1.165, 1.54) is 0 Å². The highest BCUT2D eigenvalue weighted by Crippen LogP contribution is 2.23. The smallest absolute Gasteiger partial charge is 0.347 e. The third-order valence-electron chi connectivity index (χ3n) is 3.60. The van der Waals surface area contributed by atoms with Crippen molar-refractivity contribution in [3.63, 3.8) is 0 Å². The Hall–Kier alpha value is -2.86. The lowest BCUT2D eigenvalue weighted by Crippen LogP contribution is -2.26. The van der Waals surface area contributed by atoms with Crippen molar-refractivity contribution in [3.05, 3.63) is 65.0 Å². The van der Waals surface area contributed by atoms with Gasteiger partial charge in [-0.3, -0.25) is 0 Å². The molecule has 0 fully saturated rings. The molecule has 0 spiro atoms. The summed E-state index contributed by atoms with van der Waals surface area (Å²) in [5, 5.41) is 8.43. The zero-order valence-electron chi connectivity index (χ0n) is 14.3. The molecule has 1 heterocycles. The summed E-state index contributed by atoms with van der Waals surface area (Å²) in [5.41, 5.74) is 1.63. The molecule has 0 aliphatic carbocycles. The highest BCUT2D eigenvalue weighted by molar-refractivity contribution is 6.30. The van der Waals surface area contributed by atoms with Gasteiger partial charge in [-0.2, -0.15) is 0 Å². The molecule has 3 aromatic rings. The molecule has 0 aliphatic heterocycles. The monoisotopic (exact) mass is 372 g/mol. The lowest BCUT2D eigenvalue weighted by Gasteiger charge is -2.15. The number of halogens is 1. The van der Waals surface area contributed by atoms with Crippen molar-refractivity contribution in [2.45, 2.75) is 26.6 Å². The average Bonchev–Trinajstić information content (AvgIpc) is 3.11. The van der Waals surface area contributed by atoms with Crippen LogP contribution in [0.4, 0.5) is 0 Å². The first-order chi connectivity index (χ1) is 12.5. The molecule has 26 heavy (non-hydrogen) atoms. The van der Waals surface area contributed by atoms with Gasteiger partial charge < -0.3 is 13.9 Å². The maximum Gasteiger partial charge on any atom is 0.347 e. The Morgan fingerprint density at radius 2 is 1.96 bits per heavy atom. The van der Waals surface area contributed by atoms with Gasteiger partial charge in [0.2, 0.25) is 5.89 Å². The van der Waals surface area contributed by atoms with Gasteiger partial charge in [0.05, 0.1) is 0 Å². The van der Waals surface area contributed by atoms with E-state index in [9.17, 15) is 4.79 Å². The van der Waals surface area contributed by atoms with Crippen molar-refractivity contribution in [3.8, 4) is 17.2 Å². The molecule has 1 aromatic heterocycles. The summed E-state index contributed by atoms with van der Waals surface area (Å²) < 4.78 is 16.3. The molecule has 0 radical (unpaired) electrons. The molecule has 1 atom stereocenters. The highest BCUT2D eigenvalue weighted by atomic mass is 35.5. The van der Waals surface area contributed by atoms with Gasteiger partial charge in [0.25, 0.3) is 5.89 Å². The summed E-state index contributed by atoms with van der Waals surface area (Å²) in [7, 11) is 0. The van der Waals surface area contributed by atoms with Crippen molar-refractivity contribution < 1.29 is 18.7 Å². The van der Waals surface area contributed by atoms with Gasteiger partial charge in [0, 0.05) is 10.6 Å². The number of esters is 1. The lowest BCUT2D eigenvalue weighted by molar-refractivity contribution is -0.153. The molecule has 6 nitrogen and oxygen atoms in total. The minimum absolute atomic E-state index is 0.119. The zero-order chi connectivity index (χ0) is 18.5. The van der Waals surface area contributed by atoms with Crippen LogP contribution in [0.5, 0.6) is 5.75 Å². The predicted molar refractivity (Wildman–Crippen MR) is 95.8 cm³/mol. The summed E-state index contributed by atoms with van der Waals surface area (Å²) >= 11 is 5.91. The van der Waals surface area contributed by atoms with Crippen LogP contribution < -0.4 is 4.74 Å². The number of hydrogen-bond donors (Lipinski definition) is 0.